The van der Waals surface area contributed by atoms with Gasteiger partial charge in [-0.05, 0) is 41.1 Å². The summed E-state index contributed by atoms with van der Waals surface area (Å²) in [5, 5.41) is 0. The van der Waals surface area contributed by atoms with Crippen LogP contribution in [0, 0.1) is 3.57 Å². The lowest BCUT2D eigenvalue weighted by atomic mass is 10.1. The predicted octanol–water partition coefficient (Wildman–Crippen LogP) is 2.62. The largest absolute Gasteiger partial charge is 0.497 e. The molecular formula is C14H15IN2O3. The molecule has 6 heteroatoms. The molecule has 0 aliphatic rings. The average molecular weight is 386 g/mol. The summed E-state index contributed by atoms with van der Waals surface area (Å²) in [6, 6.07) is 5.39. The summed E-state index contributed by atoms with van der Waals surface area (Å²) < 4.78 is 11.1. The van der Waals surface area contributed by atoms with Crippen molar-refractivity contribution in [3.63, 3.8) is 0 Å². The summed E-state index contributed by atoms with van der Waals surface area (Å²) >= 11 is 2.01. The van der Waals surface area contributed by atoms with E-state index in [1.165, 1.54) is 0 Å². The van der Waals surface area contributed by atoms with Crippen LogP contribution in [-0.2, 0) is 6.42 Å². The van der Waals surface area contributed by atoms with Crippen LogP contribution in [0.25, 0.3) is 11.4 Å². The molecule has 5 nitrogen and oxygen atoms in total. The molecule has 1 heterocycles. The molecule has 0 saturated heterocycles. The van der Waals surface area contributed by atoms with Crippen LogP contribution in [0.5, 0.6) is 11.5 Å². The Balaban J connectivity index is 2.62. The van der Waals surface area contributed by atoms with Crippen molar-refractivity contribution >= 4 is 22.6 Å². The van der Waals surface area contributed by atoms with Crippen LogP contribution < -0.4 is 15.0 Å². The van der Waals surface area contributed by atoms with E-state index in [9.17, 15) is 4.79 Å². The molecule has 0 aliphatic carbocycles. The van der Waals surface area contributed by atoms with Gasteiger partial charge in [-0.25, -0.2) is 4.98 Å². The van der Waals surface area contributed by atoms with Gasteiger partial charge in [0.2, 0.25) is 0 Å². The van der Waals surface area contributed by atoms with Crippen LogP contribution in [0.15, 0.2) is 23.0 Å². The minimum atomic E-state index is -0.134. The second-order valence-corrected chi connectivity index (χ2v) is 5.17. The van der Waals surface area contributed by atoms with Crippen molar-refractivity contribution in [2.24, 2.45) is 0 Å². The summed E-state index contributed by atoms with van der Waals surface area (Å²) in [7, 11) is 3.17. The zero-order valence-corrected chi connectivity index (χ0v) is 13.6. The van der Waals surface area contributed by atoms with Gasteiger partial charge < -0.3 is 14.5 Å². The highest BCUT2D eigenvalue weighted by Crippen LogP contribution is 2.31. The molecule has 20 heavy (non-hydrogen) atoms. The van der Waals surface area contributed by atoms with E-state index >= 15 is 0 Å². The molecule has 0 radical (unpaired) electrons. The first-order valence-electron chi connectivity index (χ1n) is 6.11. The van der Waals surface area contributed by atoms with E-state index in [0.29, 0.717) is 27.3 Å². The number of aromatic amines is 1. The Hall–Kier alpha value is -1.57. The average Bonchev–Trinajstić information content (AvgIpc) is 2.49. The molecule has 2 rings (SSSR count). The first-order valence-corrected chi connectivity index (χ1v) is 7.19. The number of nitrogens with zero attached hydrogens (tertiary/aromatic N) is 1. The number of hydrogen-bond acceptors (Lipinski definition) is 4. The number of ether oxygens (including phenoxy) is 2. The van der Waals surface area contributed by atoms with Crippen LogP contribution in [0.4, 0.5) is 0 Å². The van der Waals surface area contributed by atoms with Crippen LogP contribution in [0.2, 0.25) is 0 Å². The van der Waals surface area contributed by atoms with Gasteiger partial charge in [-0.2, -0.15) is 0 Å². The highest BCUT2D eigenvalue weighted by Gasteiger charge is 2.13. The monoisotopic (exact) mass is 386 g/mol. The Morgan fingerprint density at radius 3 is 2.65 bits per heavy atom. The fourth-order valence-corrected chi connectivity index (χ4v) is 2.50. The van der Waals surface area contributed by atoms with E-state index in [1.807, 2.05) is 35.6 Å². The third-order valence-electron chi connectivity index (χ3n) is 2.93. The van der Waals surface area contributed by atoms with Gasteiger partial charge in [-0.3, -0.25) is 4.79 Å². The maximum absolute atomic E-state index is 11.9. The van der Waals surface area contributed by atoms with E-state index in [4.69, 9.17) is 9.47 Å². The number of aromatic nitrogens is 2. The van der Waals surface area contributed by atoms with Crippen molar-refractivity contribution in [3.05, 3.63) is 37.8 Å². The molecule has 2 aromatic rings. The summed E-state index contributed by atoms with van der Waals surface area (Å²) in [4.78, 5) is 19.2. The van der Waals surface area contributed by atoms with Crippen molar-refractivity contribution in [2.75, 3.05) is 14.2 Å². The number of nitrogens with one attached hydrogen (secondary N) is 1. The van der Waals surface area contributed by atoms with Gasteiger partial charge in [0.15, 0.2) is 0 Å². The van der Waals surface area contributed by atoms with Crippen LogP contribution in [0.3, 0.4) is 0 Å². The normalized spacial score (nSPS) is 10.4. The third kappa shape index (κ3) is 2.79. The third-order valence-corrected chi connectivity index (χ3v) is 4.04. The van der Waals surface area contributed by atoms with Crippen molar-refractivity contribution in [1.82, 2.24) is 9.97 Å². The fourth-order valence-electron chi connectivity index (χ4n) is 1.86. The Morgan fingerprint density at radius 1 is 1.30 bits per heavy atom. The molecule has 1 N–H and O–H groups in total. The molecule has 106 valence electrons. The highest BCUT2D eigenvalue weighted by molar-refractivity contribution is 14.1. The predicted molar refractivity (Wildman–Crippen MR) is 85.5 cm³/mol. The van der Waals surface area contributed by atoms with Gasteiger partial charge in [0, 0.05) is 6.07 Å². The number of benzene rings is 1. The van der Waals surface area contributed by atoms with Gasteiger partial charge in [-0.15, -0.1) is 0 Å². The number of rotatable bonds is 4. The quantitative estimate of drug-likeness (QED) is 0.821. The van der Waals surface area contributed by atoms with Crippen LogP contribution >= 0.6 is 22.6 Å². The molecule has 0 bridgehead atoms. The number of aryl methyl sites for hydroxylation is 1. The maximum Gasteiger partial charge on any atom is 0.264 e. The lowest BCUT2D eigenvalue weighted by molar-refractivity contribution is 0.395. The molecule has 0 saturated carbocycles. The van der Waals surface area contributed by atoms with E-state index in [0.717, 1.165) is 11.3 Å². The molecule has 0 unspecified atom stereocenters. The van der Waals surface area contributed by atoms with E-state index in [2.05, 4.69) is 9.97 Å². The topological polar surface area (TPSA) is 64.2 Å². The Morgan fingerprint density at radius 2 is 2.05 bits per heavy atom. The number of halogens is 1. The maximum atomic E-state index is 11.9. The van der Waals surface area contributed by atoms with E-state index in [1.54, 1.807) is 26.4 Å². The summed E-state index contributed by atoms with van der Waals surface area (Å²) in [6.07, 6.45) is 0.702. The van der Waals surface area contributed by atoms with Crippen molar-refractivity contribution in [1.29, 1.82) is 0 Å². The molecule has 0 atom stereocenters. The number of H-pyrrole nitrogens is 1. The van der Waals surface area contributed by atoms with Crippen molar-refractivity contribution in [3.8, 4) is 22.9 Å². The zero-order valence-electron chi connectivity index (χ0n) is 11.5. The zero-order chi connectivity index (χ0) is 14.7. The van der Waals surface area contributed by atoms with Crippen molar-refractivity contribution < 1.29 is 9.47 Å². The number of hydrogen-bond donors (Lipinski definition) is 1. The Kier molecular flexibility index (Phi) is 4.64. The Bertz CT molecular complexity index is 683. The van der Waals surface area contributed by atoms with Gasteiger partial charge in [0.1, 0.15) is 17.3 Å². The molecule has 1 aromatic carbocycles. The molecule has 1 aromatic heterocycles. The van der Waals surface area contributed by atoms with E-state index in [-0.39, 0.29) is 5.56 Å². The molecular weight excluding hydrogens is 371 g/mol. The minimum absolute atomic E-state index is 0.134. The first kappa shape index (κ1) is 14.8. The van der Waals surface area contributed by atoms with Gasteiger partial charge in [-0.1, -0.05) is 6.92 Å². The lowest BCUT2D eigenvalue weighted by Gasteiger charge is -2.11. The summed E-state index contributed by atoms with van der Waals surface area (Å²) in [5.41, 5.74) is 1.38. The molecule has 0 amide bonds. The summed E-state index contributed by atoms with van der Waals surface area (Å²) in [5.74, 6) is 1.80. The number of methoxy groups -OCH3 is 2. The van der Waals surface area contributed by atoms with Gasteiger partial charge in [0.25, 0.3) is 5.56 Å². The Labute approximate surface area is 130 Å². The SMILES string of the molecule is CCc1nc(-c2ccc(OC)cc2OC)[nH]c(=O)c1I. The highest BCUT2D eigenvalue weighted by atomic mass is 127. The van der Waals surface area contributed by atoms with Crippen LogP contribution in [-0.4, -0.2) is 24.2 Å². The van der Waals surface area contributed by atoms with Crippen molar-refractivity contribution in [2.45, 2.75) is 13.3 Å². The molecule has 0 aliphatic heterocycles. The van der Waals surface area contributed by atoms with Crippen LogP contribution in [0.1, 0.15) is 12.6 Å². The second-order valence-electron chi connectivity index (χ2n) is 4.09. The molecule has 0 spiro atoms. The lowest BCUT2D eigenvalue weighted by Crippen LogP contribution is -2.16. The van der Waals surface area contributed by atoms with Gasteiger partial charge >= 0.3 is 0 Å². The second kappa shape index (κ2) is 6.25. The van der Waals surface area contributed by atoms with E-state index < -0.39 is 0 Å². The standard InChI is InChI=1S/C14H15IN2O3/c1-4-10-12(15)14(18)17-13(16-10)9-6-5-8(19-2)7-11(9)20-3/h5-7H,4H2,1-3H3,(H,16,17,18). The minimum Gasteiger partial charge on any atom is -0.497 e. The summed E-state index contributed by atoms with van der Waals surface area (Å²) in [6.45, 7) is 1.97. The molecule has 0 fully saturated rings. The first-order chi connectivity index (χ1) is 9.60. The smallest absolute Gasteiger partial charge is 0.264 e. The fraction of sp³-hybridized carbons (Fsp3) is 0.286. The van der Waals surface area contributed by atoms with Gasteiger partial charge in [0.05, 0.1) is 29.0 Å².